The van der Waals surface area contributed by atoms with Crippen LogP contribution in [0, 0.1) is 0 Å². The molecule has 2 heterocycles. The van der Waals surface area contributed by atoms with E-state index in [0.717, 1.165) is 9.13 Å². The van der Waals surface area contributed by atoms with Crippen molar-refractivity contribution in [2.45, 2.75) is 6.61 Å². The Hall–Kier alpha value is -3.56. The van der Waals surface area contributed by atoms with Gasteiger partial charge in [-0.2, -0.15) is 8.78 Å². The number of amides is 1. The molecule has 10 heteroatoms. The fraction of sp³-hybridized carbons (Fsp3) is 0.176. The van der Waals surface area contributed by atoms with Crippen LogP contribution in [0.3, 0.4) is 0 Å². The van der Waals surface area contributed by atoms with Crippen LogP contribution in [0.4, 0.5) is 14.5 Å². The smallest absolute Gasteiger partial charge is 0.387 e. The molecule has 8 nitrogen and oxygen atoms in total. The van der Waals surface area contributed by atoms with Crippen LogP contribution >= 0.6 is 0 Å². The van der Waals surface area contributed by atoms with E-state index in [0.29, 0.717) is 0 Å². The number of fused-ring (bicyclic) bond motifs is 1. The number of carbonyl (C=O) groups is 1. The summed E-state index contributed by atoms with van der Waals surface area (Å²) >= 11 is 0. The molecule has 1 N–H and O–H groups in total. The molecule has 0 aliphatic heterocycles. The van der Waals surface area contributed by atoms with E-state index >= 15 is 0 Å². The summed E-state index contributed by atoms with van der Waals surface area (Å²) in [6.45, 7) is -2.98. The molecule has 27 heavy (non-hydrogen) atoms. The van der Waals surface area contributed by atoms with E-state index in [4.69, 9.17) is 0 Å². The highest BCUT2D eigenvalue weighted by Crippen LogP contribution is 2.20. The number of aryl methyl sites for hydroxylation is 1. The highest BCUT2D eigenvalue weighted by Gasteiger charge is 2.14. The van der Waals surface area contributed by atoms with Gasteiger partial charge in [0, 0.05) is 25.8 Å². The minimum Gasteiger partial charge on any atom is -0.435 e. The lowest BCUT2D eigenvalue weighted by atomic mass is 10.2. The Morgan fingerprint density at radius 3 is 2.59 bits per heavy atom. The summed E-state index contributed by atoms with van der Waals surface area (Å²) in [4.78, 5) is 40.6. The van der Waals surface area contributed by atoms with Gasteiger partial charge in [-0.05, 0) is 24.3 Å². The quantitative estimate of drug-likeness (QED) is 0.744. The summed E-state index contributed by atoms with van der Waals surface area (Å²) in [5.74, 6) is -0.751. The first kappa shape index (κ1) is 18.2. The lowest BCUT2D eigenvalue weighted by Crippen LogP contribution is -2.37. The van der Waals surface area contributed by atoms with Gasteiger partial charge in [-0.15, -0.1) is 0 Å². The first-order valence-electron chi connectivity index (χ1n) is 7.71. The van der Waals surface area contributed by atoms with E-state index in [2.05, 4.69) is 15.0 Å². The Morgan fingerprint density at radius 1 is 1.15 bits per heavy atom. The van der Waals surface area contributed by atoms with E-state index < -0.39 is 23.8 Å². The Bertz CT molecular complexity index is 1150. The number of ether oxygens (including phenoxy) is 1. The largest absolute Gasteiger partial charge is 0.435 e. The monoisotopic (exact) mass is 376 g/mol. The van der Waals surface area contributed by atoms with Crippen molar-refractivity contribution in [1.29, 1.82) is 0 Å². The third-order valence-electron chi connectivity index (χ3n) is 3.85. The standard InChI is InChI=1S/C17H14F2N4O4/c1-22-13-11(15(25)23(2)17(22)26)6-7-12(21-13)14(24)20-9-4-3-5-10(8-9)27-16(18)19/h3-8,16H,1-2H3,(H,20,24). The number of hydrogen-bond donors (Lipinski definition) is 1. The number of pyridine rings is 1. The molecule has 0 spiro atoms. The molecule has 3 rings (SSSR count). The number of aromatic nitrogens is 3. The molecule has 0 saturated carbocycles. The Kier molecular flexibility index (Phi) is 4.72. The van der Waals surface area contributed by atoms with E-state index in [1.54, 1.807) is 0 Å². The maximum absolute atomic E-state index is 12.4. The zero-order valence-corrected chi connectivity index (χ0v) is 14.3. The van der Waals surface area contributed by atoms with Crippen LogP contribution < -0.4 is 21.3 Å². The van der Waals surface area contributed by atoms with Crippen molar-refractivity contribution < 1.29 is 18.3 Å². The van der Waals surface area contributed by atoms with Gasteiger partial charge < -0.3 is 10.1 Å². The van der Waals surface area contributed by atoms with Crippen LogP contribution in [0.25, 0.3) is 11.0 Å². The van der Waals surface area contributed by atoms with Gasteiger partial charge in [0.15, 0.2) is 0 Å². The minimum atomic E-state index is -2.98. The van der Waals surface area contributed by atoms with Gasteiger partial charge in [-0.3, -0.25) is 18.7 Å². The molecule has 0 atom stereocenters. The Morgan fingerprint density at radius 2 is 1.89 bits per heavy atom. The van der Waals surface area contributed by atoms with Crippen molar-refractivity contribution in [1.82, 2.24) is 14.1 Å². The molecular weight excluding hydrogens is 362 g/mol. The molecule has 1 aromatic carbocycles. The summed E-state index contributed by atoms with van der Waals surface area (Å²) in [7, 11) is 2.78. The summed E-state index contributed by atoms with van der Waals surface area (Å²) in [5, 5.41) is 2.68. The van der Waals surface area contributed by atoms with Crippen LogP contribution in [0.15, 0.2) is 46.0 Å². The van der Waals surface area contributed by atoms with Gasteiger partial charge in [0.25, 0.3) is 11.5 Å². The summed E-state index contributed by atoms with van der Waals surface area (Å²) in [6, 6.07) is 8.22. The van der Waals surface area contributed by atoms with Crippen molar-refractivity contribution in [3.8, 4) is 5.75 Å². The average molecular weight is 376 g/mol. The average Bonchev–Trinajstić information content (AvgIpc) is 2.64. The number of anilines is 1. The van der Waals surface area contributed by atoms with Gasteiger partial charge in [-0.25, -0.2) is 9.78 Å². The third-order valence-corrected chi connectivity index (χ3v) is 3.85. The highest BCUT2D eigenvalue weighted by molar-refractivity contribution is 6.03. The topological polar surface area (TPSA) is 95.2 Å². The van der Waals surface area contributed by atoms with E-state index in [1.165, 1.54) is 50.5 Å². The second-order valence-electron chi connectivity index (χ2n) is 5.63. The van der Waals surface area contributed by atoms with Crippen LogP contribution in [0.2, 0.25) is 0 Å². The number of benzene rings is 1. The molecule has 0 aliphatic carbocycles. The molecule has 0 unspecified atom stereocenters. The maximum Gasteiger partial charge on any atom is 0.387 e. The molecule has 140 valence electrons. The number of halogens is 2. The fourth-order valence-corrected chi connectivity index (χ4v) is 2.53. The van der Waals surface area contributed by atoms with E-state index in [9.17, 15) is 23.2 Å². The molecule has 0 aliphatic rings. The van der Waals surface area contributed by atoms with Gasteiger partial charge in [0.05, 0.1) is 5.39 Å². The SMILES string of the molecule is Cn1c(=O)c2ccc(C(=O)Nc3cccc(OC(F)F)c3)nc2n(C)c1=O. The number of carbonyl (C=O) groups excluding carboxylic acids is 1. The minimum absolute atomic E-state index is 0.0501. The normalized spacial score (nSPS) is 11.0. The van der Waals surface area contributed by atoms with Crippen molar-refractivity contribution >= 4 is 22.6 Å². The molecule has 2 aromatic heterocycles. The number of hydrogen-bond acceptors (Lipinski definition) is 5. The molecule has 0 saturated heterocycles. The Labute approximate surface area is 150 Å². The van der Waals surface area contributed by atoms with Gasteiger partial charge >= 0.3 is 12.3 Å². The predicted octanol–water partition coefficient (Wildman–Crippen LogP) is 1.49. The lowest BCUT2D eigenvalue weighted by Gasteiger charge is -2.10. The van der Waals surface area contributed by atoms with Crippen LogP contribution in [-0.4, -0.2) is 26.6 Å². The van der Waals surface area contributed by atoms with Crippen LogP contribution in [0.5, 0.6) is 5.75 Å². The third kappa shape index (κ3) is 3.54. The van der Waals surface area contributed by atoms with Crippen molar-refractivity contribution in [2.24, 2.45) is 14.1 Å². The number of alkyl halides is 2. The molecule has 0 fully saturated rings. The summed E-state index contributed by atoms with van der Waals surface area (Å²) < 4.78 is 30.9. The first-order chi connectivity index (χ1) is 12.8. The summed E-state index contributed by atoms with van der Waals surface area (Å²) in [5.41, 5.74) is -0.867. The number of nitrogens with zero attached hydrogens (tertiary/aromatic N) is 3. The number of rotatable bonds is 4. The molecule has 1 amide bonds. The molecule has 3 aromatic rings. The molecular formula is C17H14F2N4O4. The van der Waals surface area contributed by atoms with Crippen molar-refractivity contribution in [3.63, 3.8) is 0 Å². The van der Waals surface area contributed by atoms with E-state index in [-0.39, 0.29) is 28.2 Å². The molecule has 0 bridgehead atoms. The molecule has 0 radical (unpaired) electrons. The zero-order valence-electron chi connectivity index (χ0n) is 14.3. The van der Waals surface area contributed by atoms with Crippen molar-refractivity contribution in [3.05, 3.63) is 62.9 Å². The van der Waals surface area contributed by atoms with Gasteiger partial charge in [0.1, 0.15) is 17.1 Å². The highest BCUT2D eigenvalue weighted by atomic mass is 19.3. The fourth-order valence-electron chi connectivity index (χ4n) is 2.53. The first-order valence-corrected chi connectivity index (χ1v) is 7.71. The van der Waals surface area contributed by atoms with Gasteiger partial charge in [0.2, 0.25) is 0 Å². The van der Waals surface area contributed by atoms with Crippen LogP contribution in [-0.2, 0) is 14.1 Å². The second-order valence-corrected chi connectivity index (χ2v) is 5.63. The summed E-state index contributed by atoms with van der Waals surface area (Å²) in [6.07, 6.45) is 0. The lowest BCUT2D eigenvalue weighted by molar-refractivity contribution is -0.0497. The maximum atomic E-state index is 12.4. The van der Waals surface area contributed by atoms with Crippen LogP contribution in [0.1, 0.15) is 10.5 Å². The van der Waals surface area contributed by atoms with Gasteiger partial charge in [-0.1, -0.05) is 6.07 Å². The Balaban J connectivity index is 1.95. The predicted molar refractivity (Wildman–Crippen MR) is 93.3 cm³/mol. The number of nitrogens with one attached hydrogen (secondary N) is 1. The second kappa shape index (κ2) is 6.98. The zero-order chi connectivity index (χ0) is 19.7. The van der Waals surface area contributed by atoms with Crippen molar-refractivity contribution in [2.75, 3.05) is 5.32 Å². The van der Waals surface area contributed by atoms with E-state index in [1.807, 2.05) is 0 Å².